The van der Waals surface area contributed by atoms with Crippen molar-refractivity contribution in [3.8, 4) is 0 Å². The van der Waals surface area contributed by atoms with Crippen molar-refractivity contribution in [1.82, 2.24) is 10.6 Å². The highest BCUT2D eigenvalue weighted by molar-refractivity contribution is 5.95. The van der Waals surface area contributed by atoms with Crippen LogP contribution in [0.1, 0.15) is 35.7 Å². The highest BCUT2D eigenvalue weighted by Gasteiger charge is 2.27. The molecule has 0 bridgehead atoms. The van der Waals surface area contributed by atoms with Crippen molar-refractivity contribution >= 4 is 18.3 Å². The SMILES string of the molecule is Cc1cc(F)ccc1C(=O)NCC1(C)CCCNC1.Cl. The minimum absolute atomic E-state index is 0. The van der Waals surface area contributed by atoms with Crippen molar-refractivity contribution in [1.29, 1.82) is 0 Å². The Morgan fingerprint density at radius 3 is 2.85 bits per heavy atom. The molecule has 5 heteroatoms. The largest absolute Gasteiger partial charge is 0.351 e. The Morgan fingerprint density at radius 1 is 1.50 bits per heavy atom. The zero-order valence-corrected chi connectivity index (χ0v) is 12.8. The Labute approximate surface area is 125 Å². The summed E-state index contributed by atoms with van der Waals surface area (Å²) in [6, 6.07) is 4.26. The molecule has 112 valence electrons. The van der Waals surface area contributed by atoms with Crippen molar-refractivity contribution in [3.63, 3.8) is 0 Å². The molecule has 1 unspecified atom stereocenters. The Balaban J connectivity index is 0.00000200. The lowest BCUT2D eigenvalue weighted by Crippen LogP contribution is -2.45. The van der Waals surface area contributed by atoms with Crippen LogP contribution in [0.5, 0.6) is 0 Å². The Kier molecular flexibility index (Phi) is 5.96. The summed E-state index contributed by atoms with van der Waals surface area (Å²) in [5.41, 5.74) is 1.33. The fourth-order valence-corrected chi connectivity index (χ4v) is 2.54. The van der Waals surface area contributed by atoms with E-state index in [0.29, 0.717) is 17.7 Å². The van der Waals surface area contributed by atoms with E-state index in [0.717, 1.165) is 25.9 Å². The van der Waals surface area contributed by atoms with E-state index in [2.05, 4.69) is 17.6 Å². The third kappa shape index (κ3) is 4.18. The predicted octanol–water partition coefficient (Wildman–Crippen LogP) is 2.68. The highest BCUT2D eigenvalue weighted by Crippen LogP contribution is 2.24. The summed E-state index contributed by atoms with van der Waals surface area (Å²) in [6.07, 6.45) is 2.25. The Bertz CT molecular complexity index is 473. The Morgan fingerprint density at radius 2 is 2.25 bits per heavy atom. The second-order valence-electron chi connectivity index (χ2n) is 5.73. The number of aryl methyl sites for hydroxylation is 1. The number of amides is 1. The van der Waals surface area contributed by atoms with Gasteiger partial charge < -0.3 is 10.6 Å². The van der Waals surface area contributed by atoms with Gasteiger partial charge in [0.2, 0.25) is 0 Å². The highest BCUT2D eigenvalue weighted by atomic mass is 35.5. The first-order chi connectivity index (χ1) is 9.00. The summed E-state index contributed by atoms with van der Waals surface area (Å²) < 4.78 is 13.0. The minimum Gasteiger partial charge on any atom is -0.351 e. The zero-order chi connectivity index (χ0) is 13.9. The van der Waals surface area contributed by atoms with E-state index in [1.807, 2.05) is 0 Å². The van der Waals surface area contributed by atoms with Crippen molar-refractivity contribution in [3.05, 3.63) is 35.1 Å². The van der Waals surface area contributed by atoms with Crippen LogP contribution in [-0.2, 0) is 0 Å². The number of hydrogen-bond acceptors (Lipinski definition) is 2. The Hall–Kier alpha value is -1.13. The van der Waals surface area contributed by atoms with Crippen LogP contribution in [0.15, 0.2) is 18.2 Å². The van der Waals surface area contributed by atoms with E-state index in [1.54, 1.807) is 13.0 Å². The van der Waals surface area contributed by atoms with E-state index in [1.165, 1.54) is 12.1 Å². The average Bonchev–Trinajstić information content (AvgIpc) is 2.37. The van der Waals surface area contributed by atoms with Crippen LogP contribution in [0.25, 0.3) is 0 Å². The maximum atomic E-state index is 13.0. The molecule has 0 aromatic heterocycles. The van der Waals surface area contributed by atoms with Gasteiger partial charge in [-0.1, -0.05) is 6.92 Å². The summed E-state index contributed by atoms with van der Waals surface area (Å²) in [5.74, 6) is -0.429. The predicted molar refractivity (Wildman–Crippen MR) is 80.9 cm³/mol. The fraction of sp³-hybridized carbons (Fsp3) is 0.533. The zero-order valence-electron chi connectivity index (χ0n) is 12.0. The molecule has 1 atom stereocenters. The van der Waals surface area contributed by atoms with E-state index < -0.39 is 0 Å². The van der Waals surface area contributed by atoms with Gasteiger partial charge in [0.25, 0.3) is 5.91 Å². The van der Waals surface area contributed by atoms with Crippen molar-refractivity contribution < 1.29 is 9.18 Å². The van der Waals surface area contributed by atoms with Gasteiger partial charge in [-0.3, -0.25) is 4.79 Å². The van der Waals surface area contributed by atoms with Gasteiger partial charge in [-0.25, -0.2) is 4.39 Å². The van der Waals surface area contributed by atoms with Crippen LogP contribution >= 0.6 is 12.4 Å². The number of carbonyl (C=O) groups is 1. The van der Waals surface area contributed by atoms with Crippen LogP contribution in [0.2, 0.25) is 0 Å². The number of benzene rings is 1. The van der Waals surface area contributed by atoms with Gasteiger partial charge in [0.05, 0.1) is 0 Å². The smallest absolute Gasteiger partial charge is 0.251 e. The molecule has 0 saturated carbocycles. The number of piperidine rings is 1. The second-order valence-corrected chi connectivity index (χ2v) is 5.73. The summed E-state index contributed by atoms with van der Waals surface area (Å²) in [5, 5.41) is 6.32. The molecule has 2 N–H and O–H groups in total. The molecule has 1 heterocycles. The van der Waals surface area contributed by atoms with Crippen LogP contribution in [0.4, 0.5) is 4.39 Å². The second kappa shape index (κ2) is 7.04. The van der Waals surface area contributed by atoms with Gasteiger partial charge in [0.1, 0.15) is 5.82 Å². The van der Waals surface area contributed by atoms with Gasteiger partial charge in [0, 0.05) is 18.7 Å². The van der Waals surface area contributed by atoms with Gasteiger partial charge >= 0.3 is 0 Å². The van der Waals surface area contributed by atoms with Crippen LogP contribution in [0.3, 0.4) is 0 Å². The van der Waals surface area contributed by atoms with Gasteiger partial charge in [-0.15, -0.1) is 12.4 Å². The lowest BCUT2D eigenvalue weighted by atomic mass is 9.83. The fourth-order valence-electron chi connectivity index (χ4n) is 2.54. The van der Waals surface area contributed by atoms with Crippen LogP contribution < -0.4 is 10.6 Å². The topological polar surface area (TPSA) is 41.1 Å². The lowest BCUT2D eigenvalue weighted by Gasteiger charge is -2.34. The van der Waals surface area contributed by atoms with Crippen LogP contribution in [-0.4, -0.2) is 25.5 Å². The third-order valence-electron chi connectivity index (χ3n) is 3.79. The number of hydrogen-bond donors (Lipinski definition) is 2. The normalized spacial score (nSPS) is 21.9. The van der Waals surface area contributed by atoms with Gasteiger partial charge in [0.15, 0.2) is 0 Å². The molecule has 1 fully saturated rings. The molecule has 1 saturated heterocycles. The molecule has 3 nitrogen and oxygen atoms in total. The van der Waals surface area contributed by atoms with Gasteiger partial charge in [-0.05, 0) is 55.5 Å². The monoisotopic (exact) mass is 300 g/mol. The molecule has 0 spiro atoms. The molecule has 20 heavy (non-hydrogen) atoms. The molecule has 1 aromatic rings. The van der Waals surface area contributed by atoms with Crippen molar-refractivity contribution in [2.45, 2.75) is 26.7 Å². The molecule has 1 amide bonds. The molecule has 1 aromatic carbocycles. The first kappa shape index (κ1) is 16.9. The first-order valence-corrected chi connectivity index (χ1v) is 6.75. The summed E-state index contributed by atoms with van der Waals surface area (Å²) >= 11 is 0. The summed E-state index contributed by atoms with van der Waals surface area (Å²) in [4.78, 5) is 12.1. The molecular formula is C15H22ClFN2O. The van der Waals surface area contributed by atoms with E-state index in [9.17, 15) is 9.18 Å². The van der Waals surface area contributed by atoms with E-state index >= 15 is 0 Å². The van der Waals surface area contributed by atoms with E-state index in [4.69, 9.17) is 0 Å². The van der Waals surface area contributed by atoms with Crippen molar-refractivity contribution in [2.24, 2.45) is 5.41 Å². The molecule has 0 radical (unpaired) electrons. The number of rotatable bonds is 3. The standard InChI is InChI=1S/C15H21FN2O.ClH/c1-11-8-12(16)4-5-13(11)14(19)18-10-15(2)6-3-7-17-9-15;/h4-5,8,17H,3,6-7,9-10H2,1-2H3,(H,18,19);1H. The average molecular weight is 301 g/mol. The molecule has 2 rings (SSSR count). The van der Waals surface area contributed by atoms with Crippen molar-refractivity contribution in [2.75, 3.05) is 19.6 Å². The number of carbonyl (C=O) groups excluding carboxylic acids is 1. The third-order valence-corrected chi connectivity index (χ3v) is 3.79. The van der Waals surface area contributed by atoms with Crippen LogP contribution in [0, 0.1) is 18.2 Å². The molecule has 0 aliphatic carbocycles. The van der Waals surface area contributed by atoms with E-state index in [-0.39, 0.29) is 29.5 Å². The lowest BCUT2D eigenvalue weighted by molar-refractivity contribution is 0.0924. The maximum Gasteiger partial charge on any atom is 0.251 e. The minimum atomic E-state index is -0.308. The van der Waals surface area contributed by atoms with Gasteiger partial charge in [-0.2, -0.15) is 0 Å². The number of nitrogens with one attached hydrogen (secondary N) is 2. The molecule has 1 aliphatic rings. The number of halogens is 2. The maximum absolute atomic E-state index is 13.0. The quantitative estimate of drug-likeness (QED) is 0.901. The summed E-state index contributed by atoms with van der Waals surface area (Å²) in [7, 11) is 0. The first-order valence-electron chi connectivity index (χ1n) is 6.75. The molecule has 1 aliphatic heterocycles. The molecular weight excluding hydrogens is 279 g/mol. The summed E-state index contributed by atoms with van der Waals surface area (Å²) in [6.45, 7) is 6.56.